The van der Waals surface area contributed by atoms with Crippen molar-refractivity contribution in [2.45, 2.75) is 11.3 Å². The first-order valence-corrected chi connectivity index (χ1v) is 8.18. The van der Waals surface area contributed by atoms with E-state index < -0.39 is 14.9 Å². The Kier molecular flexibility index (Phi) is 3.50. The maximum Gasteiger partial charge on any atom is 0.271 e. The second-order valence-electron chi connectivity index (χ2n) is 5.03. The number of nitrogens with zero attached hydrogens (tertiary/aromatic N) is 3. The van der Waals surface area contributed by atoms with Gasteiger partial charge in [-0.3, -0.25) is 14.4 Å². The molecule has 23 heavy (non-hydrogen) atoms. The van der Waals surface area contributed by atoms with Crippen LogP contribution in [0.3, 0.4) is 0 Å². The summed E-state index contributed by atoms with van der Waals surface area (Å²) in [5.41, 5.74) is 1.31. The minimum atomic E-state index is -3.82. The molecule has 116 valence electrons. The number of nitro benzene ring substituents is 1. The molecule has 1 aliphatic rings. The zero-order valence-electron chi connectivity index (χ0n) is 11.8. The highest BCUT2D eigenvalue weighted by molar-refractivity contribution is 7.92. The zero-order valence-corrected chi connectivity index (χ0v) is 12.7. The third kappa shape index (κ3) is 2.51. The van der Waals surface area contributed by atoms with E-state index in [1.165, 1.54) is 40.7 Å². The van der Waals surface area contributed by atoms with Crippen LogP contribution in [0.25, 0.3) is 0 Å². The van der Waals surface area contributed by atoms with Crippen molar-refractivity contribution in [1.29, 1.82) is 5.26 Å². The van der Waals surface area contributed by atoms with Crippen molar-refractivity contribution in [3.05, 3.63) is 63.7 Å². The number of nitro groups is 1. The van der Waals surface area contributed by atoms with Crippen LogP contribution in [0.1, 0.15) is 11.1 Å². The Morgan fingerprint density at radius 1 is 1.17 bits per heavy atom. The molecule has 0 atom stereocenters. The van der Waals surface area contributed by atoms with E-state index in [0.29, 0.717) is 17.7 Å². The molecular weight excluding hydrogens is 318 g/mol. The van der Waals surface area contributed by atoms with Gasteiger partial charge in [-0.15, -0.1) is 0 Å². The second-order valence-corrected chi connectivity index (χ2v) is 6.90. The molecule has 0 N–H and O–H groups in total. The van der Waals surface area contributed by atoms with Gasteiger partial charge >= 0.3 is 0 Å². The lowest BCUT2D eigenvalue weighted by molar-refractivity contribution is -0.384. The van der Waals surface area contributed by atoms with Gasteiger partial charge < -0.3 is 0 Å². The highest BCUT2D eigenvalue weighted by atomic mass is 32.2. The van der Waals surface area contributed by atoms with Crippen molar-refractivity contribution in [2.24, 2.45) is 0 Å². The standard InChI is InChI=1S/C15H11N3O4S/c16-10-11-1-5-14(6-2-11)23(21,22)17-8-7-12-3-4-13(18(19)20)9-15(12)17/h1-6,9H,7-8H2. The third-order valence-electron chi connectivity index (χ3n) is 3.70. The highest BCUT2D eigenvalue weighted by Gasteiger charge is 2.32. The van der Waals surface area contributed by atoms with Crippen LogP contribution in [0.5, 0.6) is 0 Å². The zero-order chi connectivity index (χ0) is 16.6. The summed E-state index contributed by atoms with van der Waals surface area (Å²) in [6.07, 6.45) is 0.503. The molecule has 0 spiro atoms. The molecule has 0 fully saturated rings. The summed E-state index contributed by atoms with van der Waals surface area (Å²) in [4.78, 5) is 10.4. The maximum atomic E-state index is 12.8. The molecular formula is C15H11N3O4S. The number of nitriles is 1. The van der Waals surface area contributed by atoms with E-state index in [4.69, 9.17) is 5.26 Å². The number of anilines is 1. The minimum Gasteiger partial charge on any atom is -0.265 e. The fourth-order valence-corrected chi connectivity index (χ4v) is 4.03. The molecule has 2 aromatic carbocycles. The van der Waals surface area contributed by atoms with Gasteiger partial charge in [0.1, 0.15) is 0 Å². The Bertz CT molecular complexity index is 930. The van der Waals surface area contributed by atoms with Gasteiger partial charge in [0, 0.05) is 18.7 Å². The molecule has 1 aliphatic heterocycles. The van der Waals surface area contributed by atoms with Crippen LogP contribution in [0, 0.1) is 21.4 Å². The maximum absolute atomic E-state index is 12.8. The molecule has 0 unspecified atom stereocenters. The molecule has 0 radical (unpaired) electrons. The highest BCUT2D eigenvalue weighted by Crippen LogP contribution is 2.35. The van der Waals surface area contributed by atoms with E-state index in [9.17, 15) is 18.5 Å². The SMILES string of the molecule is N#Cc1ccc(S(=O)(=O)N2CCc3ccc([N+](=O)[O-])cc32)cc1. The van der Waals surface area contributed by atoms with Crippen molar-refractivity contribution in [3.63, 3.8) is 0 Å². The lowest BCUT2D eigenvalue weighted by atomic mass is 10.1. The van der Waals surface area contributed by atoms with Gasteiger partial charge in [0.15, 0.2) is 0 Å². The molecule has 2 aromatic rings. The molecule has 1 heterocycles. The summed E-state index contributed by atoms with van der Waals surface area (Å²) in [6.45, 7) is 0.235. The van der Waals surface area contributed by atoms with Crippen LogP contribution in [0.15, 0.2) is 47.4 Å². The van der Waals surface area contributed by atoms with Gasteiger partial charge in [-0.2, -0.15) is 5.26 Å². The molecule has 0 saturated heterocycles. The number of sulfonamides is 1. The summed E-state index contributed by atoms with van der Waals surface area (Å²) in [7, 11) is -3.82. The fourth-order valence-electron chi connectivity index (χ4n) is 2.53. The largest absolute Gasteiger partial charge is 0.271 e. The van der Waals surface area contributed by atoms with E-state index >= 15 is 0 Å². The molecule has 8 heteroatoms. The van der Waals surface area contributed by atoms with E-state index in [-0.39, 0.29) is 17.1 Å². The summed E-state index contributed by atoms with van der Waals surface area (Å²) in [6, 6.07) is 11.7. The Balaban J connectivity index is 2.05. The fraction of sp³-hybridized carbons (Fsp3) is 0.133. The van der Waals surface area contributed by atoms with Gasteiger partial charge in [0.25, 0.3) is 15.7 Å². The smallest absolute Gasteiger partial charge is 0.265 e. The first-order chi connectivity index (χ1) is 10.9. The monoisotopic (exact) mass is 329 g/mol. The van der Waals surface area contributed by atoms with E-state index in [2.05, 4.69) is 0 Å². The quantitative estimate of drug-likeness (QED) is 0.634. The predicted octanol–water partition coefficient (Wildman–Crippen LogP) is 2.22. The molecule has 0 aliphatic carbocycles. The van der Waals surface area contributed by atoms with Crippen LogP contribution in [0.4, 0.5) is 11.4 Å². The number of hydrogen-bond donors (Lipinski definition) is 0. The van der Waals surface area contributed by atoms with Crippen LogP contribution >= 0.6 is 0 Å². The lowest BCUT2D eigenvalue weighted by Crippen LogP contribution is -2.29. The number of fused-ring (bicyclic) bond motifs is 1. The Hall–Kier alpha value is -2.92. The van der Waals surface area contributed by atoms with Crippen LogP contribution < -0.4 is 4.31 Å². The van der Waals surface area contributed by atoms with Crippen molar-refractivity contribution in [2.75, 3.05) is 10.8 Å². The van der Waals surface area contributed by atoms with E-state index in [1.807, 2.05) is 6.07 Å². The predicted molar refractivity (Wildman–Crippen MR) is 82.5 cm³/mol. The molecule has 3 rings (SSSR count). The molecule has 0 aromatic heterocycles. The van der Waals surface area contributed by atoms with Crippen LogP contribution in [0.2, 0.25) is 0 Å². The lowest BCUT2D eigenvalue weighted by Gasteiger charge is -2.19. The molecule has 0 saturated carbocycles. The third-order valence-corrected chi connectivity index (χ3v) is 5.53. The Morgan fingerprint density at radius 2 is 1.87 bits per heavy atom. The first-order valence-electron chi connectivity index (χ1n) is 6.74. The molecule has 7 nitrogen and oxygen atoms in total. The average molecular weight is 329 g/mol. The van der Waals surface area contributed by atoms with Crippen molar-refractivity contribution < 1.29 is 13.3 Å². The van der Waals surface area contributed by atoms with Gasteiger partial charge in [0.2, 0.25) is 0 Å². The Morgan fingerprint density at radius 3 is 2.48 bits per heavy atom. The van der Waals surface area contributed by atoms with Crippen LogP contribution in [-0.4, -0.2) is 19.9 Å². The number of hydrogen-bond acceptors (Lipinski definition) is 5. The summed E-state index contributed by atoms with van der Waals surface area (Å²) < 4.78 is 26.7. The second kappa shape index (κ2) is 5.37. The van der Waals surface area contributed by atoms with Gasteiger partial charge in [-0.1, -0.05) is 6.07 Å². The first kappa shape index (κ1) is 15.0. The Labute approximate surface area is 132 Å². The van der Waals surface area contributed by atoms with Gasteiger partial charge in [-0.25, -0.2) is 8.42 Å². The normalized spacial score (nSPS) is 13.4. The number of benzene rings is 2. The van der Waals surface area contributed by atoms with Crippen molar-refractivity contribution in [3.8, 4) is 6.07 Å². The minimum absolute atomic E-state index is 0.0517. The van der Waals surface area contributed by atoms with Gasteiger partial charge in [0.05, 0.1) is 27.1 Å². The summed E-state index contributed by atoms with van der Waals surface area (Å²) in [5, 5.41) is 19.7. The van der Waals surface area contributed by atoms with Crippen molar-refractivity contribution in [1.82, 2.24) is 0 Å². The summed E-state index contributed by atoms with van der Waals surface area (Å²) >= 11 is 0. The molecule has 0 bridgehead atoms. The van der Waals surface area contributed by atoms with Crippen molar-refractivity contribution >= 4 is 21.4 Å². The van der Waals surface area contributed by atoms with Gasteiger partial charge in [-0.05, 0) is 36.2 Å². The topological polar surface area (TPSA) is 104 Å². The van der Waals surface area contributed by atoms with E-state index in [1.54, 1.807) is 6.07 Å². The molecule has 0 amide bonds. The summed E-state index contributed by atoms with van der Waals surface area (Å²) in [5.74, 6) is 0. The number of rotatable bonds is 3. The average Bonchev–Trinajstić information content (AvgIpc) is 2.98. The number of non-ortho nitro benzene ring substituents is 1. The van der Waals surface area contributed by atoms with E-state index in [0.717, 1.165) is 5.56 Å². The van der Waals surface area contributed by atoms with Crippen LogP contribution in [-0.2, 0) is 16.4 Å².